The molecule has 6 rings (SSSR count). The summed E-state index contributed by atoms with van der Waals surface area (Å²) in [5.74, 6) is -1.95. The Morgan fingerprint density at radius 2 is 1.64 bits per heavy atom. The number of likely N-dealkylation sites (tertiary alicyclic amines) is 1. The van der Waals surface area contributed by atoms with Crippen molar-refractivity contribution in [2.24, 2.45) is 11.8 Å². The quantitative estimate of drug-likeness (QED) is 0.176. The highest BCUT2D eigenvalue weighted by Crippen LogP contribution is 2.59. The summed E-state index contributed by atoms with van der Waals surface area (Å²) in [6, 6.07) is 22.9. The van der Waals surface area contributed by atoms with Crippen molar-refractivity contribution in [3.63, 3.8) is 0 Å². The zero-order valence-corrected chi connectivity index (χ0v) is 27.0. The zero-order chi connectivity index (χ0) is 33.0. The smallest absolute Gasteiger partial charge is 0.253 e. The molecule has 1 N–H and O–H groups in total. The number of hydrogen-bond acceptors (Lipinski definition) is 5. The molecular formula is C39H45N3O5. The van der Waals surface area contributed by atoms with Gasteiger partial charge in [0.2, 0.25) is 11.8 Å². The van der Waals surface area contributed by atoms with Crippen LogP contribution in [0.1, 0.15) is 44.1 Å². The molecule has 0 radical (unpaired) electrons. The summed E-state index contributed by atoms with van der Waals surface area (Å²) >= 11 is 0. The first kappa shape index (κ1) is 32.7. The molecule has 2 bridgehead atoms. The summed E-state index contributed by atoms with van der Waals surface area (Å²) in [6.07, 6.45) is 7.16. The summed E-state index contributed by atoms with van der Waals surface area (Å²) < 4.78 is 6.77. The summed E-state index contributed by atoms with van der Waals surface area (Å²) in [7, 11) is 0. The SMILES string of the molecule is C=CCN(Cc1ccccc1)C(=O)[C@@H]1[C@@H]2CCC3(O2)C(C(=O)N(CC=C)c2ccc4ccccc4c2)N(CCCCCCO)C(=O)[C@H]13. The van der Waals surface area contributed by atoms with Gasteiger partial charge in [0.1, 0.15) is 11.6 Å². The fourth-order valence-corrected chi connectivity index (χ4v) is 8.05. The Balaban J connectivity index is 1.35. The van der Waals surface area contributed by atoms with E-state index in [4.69, 9.17) is 4.74 Å². The number of carbonyl (C=O) groups excluding carboxylic acids is 3. The van der Waals surface area contributed by atoms with Crippen molar-refractivity contribution in [3.05, 3.63) is 104 Å². The molecule has 3 aliphatic heterocycles. The Morgan fingerprint density at radius 3 is 2.38 bits per heavy atom. The third-order valence-electron chi connectivity index (χ3n) is 10.1. The second kappa shape index (κ2) is 14.2. The van der Waals surface area contributed by atoms with Gasteiger partial charge >= 0.3 is 0 Å². The van der Waals surface area contributed by atoms with Crippen molar-refractivity contribution in [1.29, 1.82) is 0 Å². The van der Waals surface area contributed by atoms with Gasteiger partial charge in [-0.05, 0) is 54.2 Å². The summed E-state index contributed by atoms with van der Waals surface area (Å²) in [4.78, 5) is 49.1. The topological polar surface area (TPSA) is 90.4 Å². The fraction of sp³-hybridized carbons (Fsp3) is 0.410. The molecule has 47 heavy (non-hydrogen) atoms. The van der Waals surface area contributed by atoms with E-state index in [2.05, 4.69) is 13.2 Å². The minimum absolute atomic E-state index is 0.125. The van der Waals surface area contributed by atoms with Gasteiger partial charge in [-0.15, -0.1) is 13.2 Å². The lowest BCUT2D eigenvalue weighted by Crippen LogP contribution is -2.56. The van der Waals surface area contributed by atoms with E-state index in [1.54, 1.807) is 26.9 Å². The first-order valence-corrected chi connectivity index (χ1v) is 16.9. The maximum atomic E-state index is 14.9. The third-order valence-corrected chi connectivity index (χ3v) is 10.1. The van der Waals surface area contributed by atoms with Gasteiger partial charge < -0.3 is 24.5 Å². The lowest BCUT2D eigenvalue weighted by atomic mass is 9.70. The van der Waals surface area contributed by atoms with E-state index < -0.39 is 29.6 Å². The third kappa shape index (κ3) is 6.12. The van der Waals surface area contributed by atoms with Crippen LogP contribution in [0.3, 0.4) is 0 Å². The molecule has 0 aliphatic carbocycles. The number of benzene rings is 3. The summed E-state index contributed by atoms with van der Waals surface area (Å²) in [5.41, 5.74) is 0.629. The van der Waals surface area contributed by atoms with Gasteiger partial charge in [-0.3, -0.25) is 14.4 Å². The molecular weight excluding hydrogens is 590 g/mol. The van der Waals surface area contributed by atoms with Crippen molar-refractivity contribution >= 4 is 34.2 Å². The number of aliphatic hydroxyl groups excluding tert-OH is 1. The van der Waals surface area contributed by atoms with Crippen molar-refractivity contribution in [1.82, 2.24) is 9.80 Å². The number of ether oxygens (including phenoxy) is 1. The van der Waals surface area contributed by atoms with Gasteiger partial charge in [0, 0.05) is 38.5 Å². The number of carbonyl (C=O) groups is 3. The van der Waals surface area contributed by atoms with E-state index in [1.165, 1.54) is 0 Å². The van der Waals surface area contributed by atoms with Gasteiger partial charge in [-0.25, -0.2) is 0 Å². The molecule has 3 heterocycles. The molecule has 3 aromatic carbocycles. The van der Waals surface area contributed by atoms with Crippen LogP contribution in [0.2, 0.25) is 0 Å². The molecule has 3 aliphatic rings. The molecule has 2 unspecified atom stereocenters. The Hall–Kier alpha value is -4.27. The van der Waals surface area contributed by atoms with E-state index >= 15 is 0 Å². The van der Waals surface area contributed by atoms with Crippen LogP contribution in [0, 0.1) is 11.8 Å². The molecule has 3 amide bonds. The van der Waals surface area contributed by atoms with Crippen LogP contribution >= 0.6 is 0 Å². The van der Waals surface area contributed by atoms with Gasteiger partial charge in [-0.2, -0.15) is 0 Å². The zero-order valence-electron chi connectivity index (χ0n) is 27.0. The van der Waals surface area contributed by atoms with Crippen LogP contribution in [0.15, 0.2) is 98.1 Å². The number of fused-ring (bicyclic) bond motifs is 2. The Labute approximate surface area is 277 Å². The van der Waals surface area contributed by atoms with Crippen LogP contribution in [0.25, 0.3) is 10.8 Å². The van der Waals surface area contributed by atoms with E-state index in [-0.39, 0.29) is 30.9 Å². The second-order valence-corrected chi connectivity index (χ2v) is 13.0. The van der Waals surface area contributed by atoms with E-state index in [0.29, 0.717) is 45.3 Å². The highest BCUT2D eigenvalue weighted by Gasteiger charge is 2.74. The highest BCUT2D eigenvalue weighted by atomic mass is 16.5. The van der Waals surface area contributed by atoms with Gasteiger partial charge in [-0.1, -0.05) is 85.7 Å². The molecule has 8 nitrogen and oxygen atoms in total. The predicted octanol–water partition coefficient (Wildman–Crippen LogP) is 5.50. The number of unbranched alkanes of at least 4 members (excludes halogenated alkanes) is 3. The molecule has 1 spiro atoms. The monoisotopic (exact) mass is 635 g/mol. The molecule has 0 aromatic heterocycles. The minimum atomic E-state index is -1.09. The van der Waals surface area contributed by atoms with Crippen LogP contribution in [-0.4, -0.2) is 76.6 Å². The minimum Gasteiger partial charge on any atom is -0.396 e. The molecule has 3 saturated heterocycles. The van der Waals surface area contributed by atoms with Crippen molar-refractivity contribution < 1.29 is 24.2 Å². The molecule has 8 heteroatoms. The van der Waals surface area contributed by atoms with E-state index in [9.17, 15) is 19.5 Å². The number of hydrogen-bond donors (Lipinski definition) is 1. The van der Waals surface area contributed by atoms with E-state index in [0.717, 1.165) is 34.9 Å². The Kier molecular flexibility index (Phi) is 9.89. The van der Waals surface area contributed by atoms with E-state index in [1.807, 2.05) is 72.8 Å². The standard InChI is InChI=1S/C39H45N3O5/c1-3-22-40(27-28-14-8-7-9-15-28)36(44)33-32-20-21-39(47-32)34(33)37(45)42(24-12-5-6-13-25-43)35(39)38(46)41(23-4-2)31-19-18-29-16-10-11-17-30(29)26-31/h3-4,7-11,14-19,26,32-35,43H,1-2,5-6,12-13,20-25,27H2/t32-,33+,34-,35?,39?/m0/s1. The summed E-state index contributed by atoms with van der Waals surface area (Å²) in [6.45, 7) is 9.35. The summed E-state index contributed by atoms with van der Waals surface area (Å²) in [5, 5.41) is 11.4. The van der Waals surface area contributed by atoms with Crippen LogP contribution in [0.5, 0.6) is 0 Å². The maximum absolute atomic E-state index is 14.9. The number of rotatable bonds is 15. The van der Waals surface area contributed by atoms with Gasteiger partial charge in [0.25, 0.3) is 5.91 Å². The number of anilines is 1. The number of nitrogens with zero attached hydrogens (tertiary/aromatic N) is 3. The molecule has 3 fully saturated rings. The molecule has 3 aromatic rings. The average Bonchev–Trinajstić information content (AvgIpc) is 3.74. The van der Waals surface area contributed by atoms with Gasteiger partial charge in [0.15, 0.2) is 0 Å². The highest BCUT2D eigenvalue weighted by molar-refractivity contribution is 6.05. The predicted molar refractivity (Wildman–Crippen MR) is 183 cm³/mol. The normalized spacial score (nSPS) is 24.4. The Morgan fingerprint density at radius 1 is 0.915 bits per heavy atom. The number of aliphatic hydroxyl groups is 1. The average molecular weight is 636 g/mol. The molecule has 0 saturated carbocycles. The molecule has 5 atom stereocenters. The van der Waals surface area contributed by atoms with Gasteiger partial charge in [0.05, 0.1) is 17.9 Å². The van der Waals surface area contributed by atoms with Crippen LogP contribution in [-0.2, 0) is 25.7 Å². The Bertz CT molecular complexity index is 1630. The maximum Gasteiger partial charge on any atom is 0.253 e. The van der Waals surface area contributed by atoms with Crippen molar-refractivity contribution in [3.8, 4) is 0 Å². The van der Waals surface area contributed by atoms with Crippen LogP contribution < -0.4 is 4.90 Å². The second-order valence-electron chi connectivity index (χ2n) is 13.0. The molecule has 246 valence electrons. The van der Waals surface area contributed by atoms with Crippen molar-refractivity contribution in [2.45, 2.75) is 62.8 Å². The lowest BCUT2D eigenvalue weighted by Gasteiger charge is -2.37. The fourth-order valence-electron chi connectivity index (χ4n) is 8.05. The van der Waals surface area contributed by atoms with Crippen LogP contribution in [0.4, 0.5) is 5.69 Å². The first-order valence-electron chi connectivity index (χ1n) is 16.9. The first-order chi connectivity index (χ1) is 22.9. The van der Waals surface area contributed by atoms with Crippen molar-refractivity contribution in [2.75, 3.05) is 31.1 Å². The largest absolute Gasteiger partial charge is 0.396 e. The lowest BCUT2D eigenvalue weighted by molar-refractivity contribution is -0.145. The number of amides is 3.